The molecule has 0 heterocycles. The van der Waals surface area contributed by atoms with Crippen molar-refractivity contribution in [1.82, 2.24) is 0 Å². The van der Waals surface area contributed by atoms with Crippen molar-refractivity contribution in [2.75, 3.05) is 11.4 Å². The van der Waals surface area contributed by atoms with Gasteiger partial charge in [0.25, 0.3) is 5.91 Å². The molecule has 0 aliphatic rings. The zero-order valence-corrected chi connectivity index (χ0v) is 12.3. The topological polar surface area (TPSA) is 60.8 Å². The van der Waals surface area contributed by atoms with E-state index in [9.17, 15) is 14.8 Å². The van der Waals surface area contributed by atoms with Crippen LogP contribution >= 0.6 is 11.6 Å². The number of nitrogens with zero attached hydrogens (tertiary/aromatic N) is 1. The standard InChI is InChI=1S/C15H15BClNO3/c1-2-18(12-6-4-3-5-7-12)15(19)11-8-9-14(17)13(10-11)16(20)21/h3-10,20-21H,2H2,1H3. The quantitative estimate of drug-likeness (QED) is 0.845. The molecule has 21 heavy (non-hydrogen) atoms. The molecule has 2 aromatic rings. The summed E-state index contributed by atoms with van der Waals surface area (Å²) in [7, 11) is -1.71. The van der Waals surface area contributed by atoms with Gasteiger partial charge in [-0.05, 0) is 37.3 Å². The van der Waals surface area contributed by atoms with Gasteiger partial charge in [0, 0.05) is 28.3 Å². The Kier molecular flexibility index (Phi) is 5.01. The van der Waals surface area contributed by atoms with E-state index in [-0.39, 0.29) is 16.4 Å². The van der Waals surface area contributed by atoms with Crippen LogP contribution in [0.2, 0.25) is 5.02 Å². The van der Waals surface area contributed by atoms with Gasteiger partial charge in [0.05, 0.1) is 0 Å². The Morgan fingerprint density at radius 3 is 2.43 bits per heavy atom. The summed E-state index contributed by atoms with van der Waals surface area (Å²) in [6.07, 6.45) is 0. The minimum Gasteiger partial charge on any atom is -0.423 e. The minimum atomic E-state index is -1.71. The Labute approximate surface area is 128 Å². The number of rotatable bonds is 4. The van der Waals surface area contributed by atoms with Crippen LogP contribution in [0.4, 0.5) is 5.69 Å². The van der Waals surface area contributed by atoms with Gasteiger partial charge in [-0.1, -0.05) is 29.8 Å². The molecule has 0 saturated heterocycles. The Hall–Kier alpha value is -1.82. The van der Waals surface area contributed by atoms with Crippen molar-refractivity contribution in [2.24, 2.45) is 0 Å². The highest BCUT2D eigenvalue weighted by molar-refractivity contribution is 6.62. The molecule has 0 aromatic heterocycles. The van der Waals surface area contributed by atoms with Crippen LogP contribution in [0.3, 0.4) is 0 Å². The lowest BCUT2D eigenvalue weighted by atomic mass is 9.79. The Bertz CT molecular complexity index is 634. The lowest BCUT2D eigenvalue weighted by Gasteiger charge is -2.21. The van der Waals surface area contributed by atoms with E-state index in [1.807, 2.05) is 37.3 Å². The summed E-state index contributed by atoms with van der Waals surface area (Å²) in [6, 6.07) is 13.8. The summed E-state index contributed by atoms with van der Waals surface area (Å²) in [5.41, 5.74) is 1.26. The second kappa shape index (κ2) is 6.76. The molecule has 0 aliphatic heterocycles. The van der Waals surface area contributed by atoms with Crippen molar-refractivity contribution in [2.45, 2.75) is 6.92 Å². The maximum atomic E-state index is 12.6. The van der Waals surface area contributed by atoms with Crippen LogP contribution in [0.5, 0.6) is 0 Å². The molecule has 2 rings (SSSR count). The second-order valence-corrected chi connectivity index (χ2v) is 4.90. The van der Waals surface area contributed by atoms with E-state index in [4.69, 9.17) is 11.6 Å². The van der Waals surface area contributed by atoms with E-state index in [1.54, 1.807) is 11.0 Å². The van der Waals surface area contributed by atoms with Gasteiger partial charge in [0.1, 0.15) is 0 Å². The first-order valence-electron chi connectivity index (χ1n) is 6.57. The molecule has 0 bridgehead atoms. The highest BCUT2D eigenvalue weighted by atomic mass is 35.5. The van der Waals surface area contributed by atoms with Crippen LogP contribution in [-0.2, 0) is 0 Å². The maximum absolute atomic E-state index is 12.6. The number of carbonyl (C=O) groups excluding carboxylic acids is 1. The fraction of sp³-hybridized carbons (Fsp3) is 0.133. The second-order valence-electron chi connectivity index (χ2n) is 4.49. The number of para-hydroxylation sites is 1. The van der Waals surface area contributed by atoms with E-state index in [0.717, 1.165) is 5.69 Å². The lowest BCUT2D eigenvalue weighted by molar-refractivity contribution is 0.0988. The largest absolute Gasteiger partial charge is 0.489 e. The SMILES string of the molecule is CCN(C(=O)c1ccc(Cl)c(B(O)O)c1)c1ccccc1. The van der Waals surface area contributed by atoms with Gasteiger partial charge in [-0.3, -0.25) is 4.79 Å². The summed E-state index contributed by atoms with van der Waals surface area (Å²) in [6.45, 7) is 2.38. The Morgan fingerprint density at radius 1 is 1.19 bits per heavy atom. The molecule has 0 radical (unpaired) electrons. The number of anilines is 1. The summed E-state index contributed by atoms with van der Waals surface area (Å²) >= 11 is 5.88. The molecule has 6 heteroatoms. The normalized spacial score (nSPS) is 10.3. The molecule has 108 valence electrons. The summed E-state index contributed by atoms with van der Waals surface area (Å²) in [5, 5.41) is 18.8. The zero-order chi connectivity index (χ0) is 15.4. The predicted octanol–water partition coefficient (Wildman–Crippen LogP) is 1.69. The van der Waals surface area contributed by atoms with Crippen molar-refractivity contribution >= 4 is 35.8 Å². The third-order valence-electron chi connectivity index (χ3n) is 3.15. The van der Waals surface area contributed by atoms with Crippen LogP contribution < -0.4 is 10.4 Å². The maximum Gasteiger partial charge on any atom is 0.489 e. The molecule has 4 nitrogen and oxygen atoms in total. The van der Waals surface area contributed by atoms with E-state index in [1.165, 1.54) is 12.1 Å². The summed E-state index contributed by atoms with van der Waals surface area (Å²) in [5.74, 6) is -0.220. The fourth-order valence-corrected chi connectivity index (χ4v) is 2.30. The number of benzene rings is 2. The summed E-state index contributed by atoms with van der Waals surface area (Å²) in [4.78, 5) is 14.2. The molecule has 0 saturated carbocycles. The van der Waals surface area contributed by atoms with Crippen molar-refractivity contribution in [3.8, 4) is 0 Å². The first-order valence-corrected chi connectivity index (χ1v) is 6.95. The monoisotopic (exact) mass is 303 g/mol. The van der Waals surface area contributed by atoms with Crippen LogP contribution in [0, 0.1) is 0 Å². The van der Waals surface area contributed by atoms with E-state index >= 15 is 0 Å². The van der Waals surface area contributed by atoms with Gasteiger partial charge in [-0.25, -0.2) is 0 Å². The molecule has 0 fully saturated rings. The van der Waals surface area contributed by atoms with Crippen molar-refractivity contribution in [1.29, 1.82) is 0 Å². The number of hydrogen-bond acceptors (Lipinski definition) is 3. The first kappa shape index (κ1) is 15.6. The van der Waals surface area contributed by atoms with Gasteiger partial charge < -0.3 is 14.9 Å². The zero-order valence-electron chi connectivity index (χ0n) is 11.5. The number of hydrogen-bond donors (Lipinski definition) is 2. The Morgan fingerprint density at radius 2 is 1.86 bits per heavy atom. The average molecular weight is 304 g/mol. The van der Waals surface area contributed by atoms with Crippen LogP contribution in [0.1, 0.15) is 17.3 Å². The molecule has 2 aromatic carbocycles. The fourth-order valence-electron chi connectivity index (χ4n) is 2.08. The molecule has 0 unspecified atom stereocenters. The van der Waals surface area contributed by atoms with Crippen LogP contribution in [-0.4, -0.2) is 29.6 Å². The minimum absolute atomic E-state index is 0.117. The number of amides is 1. The third kappa shape index (κ3) is 3.45. The van der Waals surface area contributed by atoms with Crippen molar-refractivity contribution in [3.63, 3.8) is 0 Å². The van der Waals surface area contributed by atoms with Gasteiger partial charge >= 0.3 is 7.12 Å². The first-order chi connectivity index (χ1) is 10.0. The smallest absolute Gasteiger partial charge is 0.423 e. The molecular formula is C15H15BClNO3. The van der Waals surface area contributed by atoms with Gasteiger partial charge in [0.15, 0.2) is 0 Å². The molecule has 0 aliphatic carbocycles. The predicted molar refractivity (Wildman–Crippen MR) is 85.1 cm³/mol. The molecule has 1 amide bonds. The molecular weight excluding hydrogens is 288 g/mol. The molecule has 0 spiro atoms. The number of halogens is 1. The highest BCUT2D eigenvalue weighted by Crippen LogP contribution is 2.17. The van der Waals surface area contributed by atoms with Gasteiger partial charge in [0.2, 0.25) is 0 Å². The van der Waals surface area contributed by atoms with Crippen LogP contribution in [0.25, 0.3) is 0 Å². The Balaban J connectivity index is 2.37. The van der Waals surface area contributed by atoms with E-state index < -0.39 is 7.12 Å². The highest BCUT2D eigenvalue weighted by Gasteiger charge is 2.21. The van der Waals surface area contributed by atoms with Crippen molar-refractivity contribution < 1.29 is 14.8 Å². The van der Waals surface area contributed by atoms with E-state index in [2.05, 4.69) is 0 Å². The van der Waals surface area contributed by atoms with Crippen molar-refractivity contribution in [3.05, 3.63) is 59.1 Å². The summed E-state index contributed by atoms with van der Waals surface area (Å²) < 4.78 is 0. The van der Waals surface area contributed by atoms with Gasteiger partial charge in [-0.2, -0.15) is 0 Å². The van der Waals surface area contributed by atoms with E-state index in [0.29, 0.717) is 12.1 Å². The third-order valence-corrected chi connectivity index (χ3v) is 3.49. The molecule has 2 N–H and O–H groups in total. The van der Waals surface area contributed by atoms with Crippen LogP contribution in [0.15, 0.2) is 48.5 Å². The lowest BCUT2D eigenvalue weighted by Crippen LogP contribution is -2.34. The molecule has 0 atom stereocenters. The number of carbonyl (C=O) groups is 1. The average Bonchev–Trinajstić information content (AvgIpc) is 2.49. The van der Waals surface area contributed by atoms with Gasteiger partial charge in [-0.15, -0.1) is 0 Å².